The molecule has 0 saturated carbocycles. The minimum atomic E-state index is -2.94. The Balaban J connectivity index is 6.37. The fourth-order valence-corrected chi connectivity index (χ4v) is 2.47. The largest absolute Gasteiger partial charge is 0.300 e. The SMILES string of the molecule is CC(=O)CC#CCC(=O)C(C(=O)CC(C)=O)(C(=O)CC(C)=O)C(=O)CC(C)=O. The molecule has 0 amide bonds. The summed E-state index contributed by atoms with van der Waals surface area (Å²) in [6.07, 6.45) is -3.58. The molecule has 0 fully saturated rings. The van der Waals surface area contributed by atoms with E-state index in [0.29, 0.717) is 0 Å². The first-order valence-corrected chi connectivity index (χ1v) is 8.42. The van der Waals surface area contributed by atoms with Crippen molar-refractivity contribution in [1.82, 2.24) is 0 Å². The minimum absolute atomic E-state index is 0.176. The topological polar surface area (TPSA) is 137 Å². The zero-order valence-electron chi connectivity index (χ0n) is 16.3. The lowest BCUT2D eigenvalue weighted by Gasteiger charge is -2.27. The second kappa shape index (κ2) is 10.9. The number of Topliss-reactive ketones (excluding diaryl/α,β-unsaturated/α-hetero) is 8. The van der Waals surface area contributed by atoms with Crippen molar-refractivity contribution in [2.75, 3.05) is 0 Å². The predicted molar refractivity (Wildman–Crippen MR) is 96.0 cm³/mol. The van der Waals surface area contributed by atoms with Gasteiger partial charge in [-0.3, -0.25) is 38.4 Å². The zero-order chi connectivity index (χ0) is 22.1. The molecular weight excluding hydrogens is 368 g/mol. The summed E-state index contributed by atoms with van der Waals surface area (Å²) in [5.74, 6) is -2.75. The summed E-state index contributed by atoms with van der Waals surface area (Å²) in [6, 6.07) is 0. The summed E-state index contributed by atoms with van der Waals surface area (Å²) in [5, 5.41) is 0. The van der Waals surface area contributed by atoms with Gasteiger partial charge in [0.05, 0.1) is 32.1 Å². The quantitative estimate of drug-likeness (QED) is 0.348. The molecule has 8 nitrogen and oxygen atoms in total. The highest BCUT2D eigenvalue weighted by atomic mass is 16.2. The van der Waals surface area contributed by atoms with E-state index in [9.17, 15) is 38.4 Å². The number of rotatable bonds is 12. The van der Waals surface area contributed by atoms with Crippen LogP contribution in [0.15, 0.2) is 0 Å². The minimum Gasteiger partial charge on any atom is -0.300 e. The van der Waals surface area contributed by atoms with Crippen LogP contribution in [0.1, 0.15) is 59.8 Å². The van der Waals surface area contributed by atoms with Gasteiger partial charge in [-0.15, -0.1) is 0 Å². The maximum absolute atomic E-state index is 12.8. The summed E-state index contributed by atoms with van der Waals surface area (Å²) in [6.45, 7) is 4.37. The van der Waals surface area contributed by atoms with Crippen LogP contribution in [-0.2, 0) is 38.4 Å². The maximum atomic E-state index is 12.8. The number of hydrogen-bond donors (Lipinski definition) is 0. The van der Waals surface area contributed by atoms with Crippen LogP contribution < -0.4 is 0 Å². The Morgan fingerprint density at radius 3 is 1.11 bits per heavy atom. The fraction of sp³-hybridized carbons (Fsp3) is 0.500. The molecule has 0 unspecified atom stereocenters. The van der Waals surface area contributed by atoms with Gasteiger partial charge in [-0.25, -0.2) is 0 Å². The Kier molecular flexibility index (Phi) is 9.72. The van der Waals surface area contributed by atoms with Crippen LogP contribution in [0.3, 0.4) is 0 Å². The smallest absolute Gasteiger partial charge is 0.205 e. The molecule has 0 spiro atoms. The van der Waals surface area contributed by atoms with Crippen molar-refractivity contribution in [3.8, 4) is 11.8 Å². The molecule has 0 bridgehead atoms. The van der Waals surface area contributed by atoms with Crippen LogP contribution in [0, 0.1) is 17.3 Å². The van der Waals surface area contributed by atoms with Crippen LogP contribution in [0.4, 0.5) is 0 Å². The Hall–Kier alpha value is -3.08. The van der Waals surface area contributed by atoms with Gasteiger partial charge in [-0.2, -0.15) is 0 Å². The van der Waals surface area contributed by atoms with Crippen molar-refractivity contribution in [2.45, 2.75) is 59.8 Å². The lowest BCUT2D eigenvalue weighted by atomic mass is 9.67. The second-order valence-corrected chi connectivity index (χ2v) is 6.49. The zero-order valence-corrected chi connectivity index (χ0v) is 16.3. The van der Waals surface area contributed by atoms with Crippen molar-refractivity contribution in [3.63, 3.8) is 0 Å². The molecule has 0 aliphatic rings. The van der Waals surface area contributed by atoms with E-state index < -0.39 is 71.6 Å². The Bertz CT molecular complexity index is 734. The van der Waals surface area contributed by atoms with E-state index in [4.69, 9.17) is 0 Å². The average molecular weight is 390 g/mol. The third-order valence-corrected chi connectivity index (χ3v) is 3.61. The lowest BCUT2D eigenvalue weighted by Crippen LogP contribution is -2.53. The average Bonchev–Trinajstić information content (AvgIpc) is 2.49. The van der Waals surface area contributed by atoms with Crippen LogP contribution in [-0.4, -0.2) is 46.3 Å². The molecule has 0 saturated heterocycles. The molecule has 0 aliphatic carbocycles. The van der Waals surface area contributed by atoms with Gasteiger partial charge in [-0.1, -0.05) is 11.8 Å². The summed E-state index contributed by atoms with van der Waals surface area (Å²) >= 11 is 0. The molecule has 0 radical (unpaired) electrons. The summed E-state index contributed by atoms with van der Waals surface area (Å²) in [7, 11) is 0. The molecule has 0 rings (SSSR count). The monoisotopic (exact) mass is 390 g/mol. The van der Waals surface area contributed by atoms with E-state index in [0.717, 1.165) is 20.8 Å². The first kappa shape index (κ1) is 24.9. The highest BCUT2D eigenvalue weighted by Gasteiger charge is 2.56. The second-order valence-electron chi connectivity index (χ2n) is 6.49. The highest BCUT2D eigenvalue weighted by Crippen LogP contribution is 2.30. The third-order valence-electron chi connectivity index (χ3n) is 3.61. The van der Waals surface area contributed by atoms with Crippen LogP contribution in [0.2, 0.25) is 0 Å². The van der Waals surface area contributed by atoms with Crippen molar-refractivity contribution >= 4 is 46.3 Å². The standard InChI is InChI=1S/C20H22O8/c1-12(21)7-5-6-8-16(25)20(17(26)9-13(2)22,18(27)10-14(3)23)19(28)11-15(4)24/h7-11H2,1-4H3. The molecule has 28 heavy (non-hydrogen) atoms. The van der Waals surface area contributed by atoms with Crippen LogP contribution in [0.25, 0.3) is 0 Å². The van der Waals surface area contributed by atoms with Crippen molar-refractivity contribution in [2.24, 2.45) is 5.41 Å². The van der Waals surface area contributed by atoms with E-state index in [1.165, 1.54) is 6.92 Å². The van der Waals surface area contributed by atoms with E-state index in [-0.39, 0.29) is 12.2 Å². The molecular formula is C20H22O8. The molecule has 150 valence electrons. The van der Waals surface area contributed by atoms with E-state index in [1.54, 1.807) is 0 Å². The molecule has 0 aromatic carbocycles. The van der Waals surface area contributed by atoms with Gasteiger partial charge in [0.2, 0.25) is 5.41 Å². The normalized spacial score (nSPS) is 10.3. The predicted octanol–water partition coefficient (Wildman–Crippen LogP) is 0.559. The van der Waals surface area contributed by atoms with Gasteiger partial charge in [0.1, 0.15) is 23.1 Å². The number of ketones is 8. The fourth-order valence-electron chi connectivity index (χ4n) is 2.47. The number of carbonyl (C=O) groups is 8. The lowest BCUT2D eigenvalue weighted by molar-refractivity contribution is -0.155. The third kappa shape index (κ3) is 6.91. The van der Waals surface area contributed by atoms with Crippen molar-refractivity contribution in [1.29, 1.82) is 0 Å². The molecule has 0 N–H and O–H groups in total. The summed E-state index contributed by atoms with van der Waals surface area (Å²) < 4.78 is 0. The molecule has 0 heterocycles. The van der Waals surface area contributed by atoms with Gasteiger partial charge in [0.15, 0.2) is 23.1 Å². The molecule has 0 aromatic rings. The molecule has 0 aliphatic heterocycles. The Morgan fingerprint density at radius 2 is 0.821 bits per heavy atom. The van der Waals surface area contributed by atoms with E-state index >= 15 is 0 Å². The van der Waals surface area contributed by atoms with Gasteiger partial charge in [0, 0.05) is 0 Å². The highest BCUT2D eigenvalue weighted by molar-refractivity contribution is 6.42. The number of carbonyl (C=O) groups excluding carboxylic acids is 8. The van der Waals surface area contributed by atoms with Gasteiger partial charge >= 0.3 is 0 Å². The Morgan fingerprint density at radius 1 is 0.500 bits per heavy atom. The van der Waals surface area contributed by atoms with E-state index in [1.807, 2.05) is 0 Å². The Labute approximate surface area is 162 Å². The summed E-state index contributed by atoms with van der Waals surface area (Å²) in [5.41, 5.74) is -2.94. The van der Waals surface area contributed by atoms with Crippen LogP contribution >= 0.6 is 0 Å². The van der Waals surface area contributed by atoms with Gasteiger partial charge < -0.3 is 0 Å². The van der Waals surface area contributed by atoms with Crippen molar-refractivity contribution < 1.29 is 38.4 Å². The molecule has 0 aromatic heterocycles. The maximum Gasteiger partial charge on any atom is 0.205 e. The first-order chi connectivity index (χ1) is 12.8. The van der Waals surface area contributed by atoms with Gasteiger partial charge in [0.25, 0.3) is 0 Å². The van der Waals surface area contributed by atoms with Crippen LogP contribution in [0.5, 0.6) is 0 Å². The summed E-state index contributed by atoms with van der Waals surface area (Å²) in [4.78, 5) is 96.0. The van der Waals surface area contributed by atoms with E-state index in [2.05, 4.69) is 11.8 Å². The number of hydrogen-bond acceptors (Lipinski definition) is 8. The van der Waals surface area contributed by atoms with Crippen molar-refractivity contribution in [3.05, 3.63) is 0 Å². The van der Waals surface area contributed by atoms with Gasteiger partial charge in [-0.05, 0) is 27.7 Å². The molecule has 8 heteroatoms. The molecule has 0 atom stereocenters. The first-order valence-electron chi connectivity index (χ1n) is 8.42.